The Balaban J connectivity index is 2.71. The third kappa shape index (κ3) is 1.51. The van der Waals surface area contributed by atoms with Crippen LogP contribution >= 0.6 is 11.6 Å². The van der Waals surface area contributed by atoms with E-state index >= 15 is 0 Å². The van der Waals surface area contributed by atoms with E-state index in [1.807, 2.05) is 0 Å². The number of ether oxygens (including phenoxy) is 3. The predicted molar refractivity (Wildman–Crippen MR) is 54.1 cm³/mol. The molecule has 0 atom stereocenters. The Morgan fingerprint density at radius 3 is 2.87 bits per heavy atom. The van der Waals surface area contributed by atoms with Crippen LogP contribution in [0.4, 0.5) is 0 Å². The number of carbonyl (C=O) groups excluding carboxylic acids is 1. The van der Waals surface area contributed by atoms with E-state index in [1.165, 1.54) is 14.0 Å². The van der Waals surface area contributed by atoms with Crippen LogP contribution in [0.1, 0.15) is 17.3 Å². The molecule has 4 nitrogen and oxygen atoms in total. The van der Waals surface area contributed by atoms with Gasteiger partial charge in [0.15, 0.2) is 23.0 Å². The third-order valence-corrected chi connectivity index (χ3v) is 2.41. The minimum Gasteiger partial charge on any atom is -0.494 e. The lowest BCUT2D eigenvalue weighted by molar-refractivity contribution is 0.101. The number of benzene rings is 1. The molecule has 1 aromatic rings. The molecule has 0 N–H and O–H groups in total. The minimum absolute atomic E-state index is 0.0963. The summed E-state index contributed by atoms with van der Waals surface area (Å²) < 4.78 is 15.4. The molecule has 0 amide bonds. The van der Waals surface area contributed by atoms with E-state index in [0.29, 0.717) is 27.8 Å². The molecule has 0 aromatic heterocycles. The average molecular weight is 229 g/mol. The number of Topliss-reactive ketones (excluding diaryl/α,β-unsaturated/α-hetero) is 1. The van der Waals surface area contributed by atoms with E-state index in [0.717, 1.165) is 0 Å². The van der Waals surface area contributed by atoms with Crippen LogP contribution in [0.2, 0.25) is 5.02 Å². The number of carbonyl (C=O) groups is 1. The van der Waals surface area contributed by atoms with Crippen LogP contribution in [-0.4, -0.2) is 19.7 Å². The van der Waals surface area contributed by atoms with Gasteiger partial charge in [-0.15, -0.1) is 0 Å². The molecule has 15 heavy (non-hydrogen) atoms. The molecule has 80 valence electrons. The van der Waals surface area contributed by atoms with Crippen molar-refractivity contribution in [3.63, 3.8) is 0 Å². The van der Waals surface area contributed by atoms with Gasteiger partial charge in [0.25, 0.3) is 0 Å². The Kier molecular flexibility index (Phi) is 2.44. The Morgan fingerprint density at radius 2 is 2.27 bits per heavy atom. The summed E-state index contributed by atoms with van der Waals surface area (Å²) in [6, 6.07) is 1.58. The number of hydrogen-bond acceptors (Lipinski definition) is 4. The highest BCUT2D eigenvalue weighted by molar-refractivity contribution is 6.33. The third-order valence-electron chi connectivity index (χ3n) is 2.13. The fourth-order valence-electron chi connectivity index (χ4n) is 1.51. The lowest BCUT2D eigenvalue weighted by Crippen LogP contribution is -2.01. The van der Waals surface area contributed by atoms with E-state index in [-0.39, 0.29) is 12.6 Å². The predicted octanol–water partition coefficient (Wildman–Crippen LogP) is 2.28. The highest BCUT2D eigenvalue weighted by Gasteiger charge is 2.26. The highest BCUT2D eigenvalue weighted by atomic mass is 35.5. The van der Waals surface area contributed by atoms with E-state index < -0.39 is 0 Å². The summed E-state index contributed by atoms with van der Waals surface area (Å²) in [7, 11) is 1.45. The van der Waals surface area contributed by atoms with Gasteiger partial charge in [0.05, 0.1) is 12.1 Å². The van der Waals surface area contributed by atoms with Crippen molar-refractivity contribution in [3.05, 3.63) is 16.7 Å². The molecule has 0 spiro atoms. The molecule has 1 aliphatic heterocycles. The number of hydrogen-bond donors (Lipinski definition) is 0. The van der Waals surface area contributed by atoms with Crippen molar-refractivity contribution in [2.24, 2.45) is 0 Å². The molecular formula is C10H9ClO4. The van der Waals surface area contributed by atoms with Crippen LogP contribution in [0.25, 0.3) is 0 Å². The smallest absolute Gasteiger partial charge is 0.231 e. The topological polar surface area (TPSA) is 44.8 Å². The van der Waals surface area contributed by atoms with E-state index in [4.69, 9.17) is 25.8 Å². The first-order chi connectivity index (χ1) is 7.15. The molecule has 1 aromatic carbocycles. The summed E-state index contributed by atoms with van der Waals surface area (Å²) in [4.78, 5) is 11.5. The number of halogens is 1. The molecule has 0 radical (unpaired) electrons. The van der Waals surface area contributed by atoms with Crippen molar-refractivity contribution in [2.45, 2.75) is 6.92 Å². The second-order valence-electron chi connectivity index (χ2n) is 3.06. The average Bonchev–Trinajstić information content (AvgIpc) is 2.62. The Hall–Kier alpha value is -1.42. The summed E-state index contributed by atoms with van der Waals surface area (Å²) in [5.74, 6) is 1.04. The van der Waals surface area contributed by atoms with E-state index in [1.54, 1.807) is 6.07 Å². The molecule has 0 saturated heterocycles. The van der Waals surface area contributed by atoms with Gasteiger partial charge < -0.3 is 14.2 Å². The first-order valence-electron chi connectivity index (χ1n) is 4.32. The second-order valence-corrected chi connectivity index (χ2v) is 3.46. The van der Waals surface area contributed by atoms with Crippen LogP contribution < -0.4 is 14.2 Å². The number of fused-ring (bicyclic) bond motifs is 1. The molecule has 0 fully saturated rings. The number of methoxy groups -OCH3 is 1. The zero-order valence-corrected chi connectivity index (χ0v) is 9.05. The zero-order valence-electron chi connectivity index (χ0n) is 8.30. The van der Waals surface area contributed by atoms with Crippen LogP contribution in [0.3, 0.4) is 0 Å². The van der Waals surface area contributed by atoms with E-state index in [9.17, 15) is 4.79 Å². The maximum absolute atomic E-state index is 11.5. The molecule has 0 bridgehead atoms. The van der Waals surface area contributed by atoms with Crippen molar-refractivity contribution in [2.75, 3.05) is 13.9 Å². The van der Waals surface area contributed by atoms with Crippen molar-refractivity contribution in [1.29, 1.82) is 0 Å². The van der Waals surface area contributed by atoms with Gasteiger partial charge >= 0.3 is 0 Å². The Labute approximate surface area is 91.7 Å². The zero-order chi connectivity index (χ0) is 11.0. The standard InChI is InChI=1S/C10H9ClO4/c1-5(12)8-9(13-2)6(11)3-7-10(8)15-4-14-7/h3H,4H2,1-2H3. The Morgan fingerprint density at radius 1 is 1.53 bits per heavy atom. The number of rotatable bonds is 2. The van der Waals surface area contributed by atoms with Gasteiger partial charge in [0, 0.05) is 6.07 Å². The highest BCUT2D eigenvalue weighted by Crippen LogP contribution is 2.45. The normalized spacial score (nSPS) is 12.7. The lowest BCUT2D eigenvalue weighted by atomic mass is 10.1. The summed E-state index contributed by atoms with van der Waals surface area (Å²) in [5, 5.41) is 0.340. The molecule has 2 rings (SSSR count). The first kappa shape index (κ1) is 10.1. The summed E-state index contributed by atoms with van der Waals surface area (Å²) in [6.45, 7) is 1.52. The second kappa shape index (κ2) is 3.62. The van der Waals surface area contributed by atoms with Gasteiger partial charge in [-0.3, -0.25) is 4.79 Å². The molecule has 0 unspecified atom stereocenters. The monoisotopic (exact) mass is 228 g/mol. The van der Waals surface area contributed by atoms with E-state index in [2.05, 4.69) is 0 Å². The quantitative estimate of drug-likeness (QED) is 0.729. The van der Waals surface area contributed by atoms with Gasteiger partial charge in [0.1, 0.15) is 5.56 Å². The largest absolute Gasteiger partial charge is 0.494 e. The maximum Gasteiger partial charge on any atom is 0.231 e. The number of ketones is 1. The van der Waals surface area contributed by atoms with Crippen LogP contribution in [0.15, 0.2) is 6.07 Å². The van der Waals surface area contributed by atoms with Gasteiger partial charge in [-0.1, -0.05) is 11.6 Å². The van der Waals surface area contributed by atoms with Crippen molar-refractivity contribution < 1.29 is 19.0 Å². The van der Waals surface area contributed by atoms with Crippen molar-refractivity contribution >= 4 is 17.4 Å². The van der Waals surface area contributed by atoms with Crippen LogP contribution in [0, 0.1) is 0 Å². The van der Waals surface area contributed by atoms with Gasteiger partial charge in [-0.25, -0.2) is 0 Å². The Bertz CT molecular complexity index is 424. The molecule has 0 aliphatic carbocycles. The molecule has 1 heterocycles. The summed E-state index contributed by atoms with van der Waals surface area (Å²) >= 11 is 5.94. The van der Waals surface area contributed by atoms with Crippen LogP contribution in [0.5, 0.6) is 17.2 Å². The molecular weight excluding hydrogens is 220 g/mol. The van der Waals surface area contributed by atoms with Crippen molar-refractivity contribution in [1.82, 2.24) is 0 Å². The van der Waals surface area contributed by atoms with Crippen molar-refractivity contribution in [3.8, 4) is 17.2 Å². The first-order valence-corrected chi connectivity index (χ1v) is 4.70. The van der Waals surface area contributed by atoms with Gasteiger partial charge in [-0.2, -0.15) is 0 Å². The van der Waals surface area contributed by atoms with Gasteiger partial charge in [0.2, 0.25) is 6.79 Å². The minimum atomic E-state index is -0.170. The summed E-state index contributed by atoms with van der Waals surface area (Å²) in [5.41, 5.74) is 0.331. The fraction of sp³-hybridized carbons (Fsp3) is 0.300. The van der Waals surface area contributed by atoms with Gasteiger partial charge in [-0.05, 0) is 6.92 Å². The molecule has 1 aliphatic rings. The fourth-order valence-corrected chi connectivity index (χ4v) is 1.78. The summed E-state index contributed by atoms with van der Waals surface area (Å²) in [6.07, 6.45) is 0. The van der Waals surface area contributed by atoms with Crippen LogP contribution in [-0.2, 0) is 0 Å². The SMILES string of the molecule is COc1c(Cl)cc2c(c1C(C)=O)OCO2. The maximum atomic E-state index is 11.5. The molecule has 5 heteroatoms. The lowest BCUT2D eigenvalue weighted by Gasteiger charge is -2.10. The molecule has 0 saturated carbocycles.